The van der Waals surface area contributed by atoms with Crippen LogP contribution in [0.3, 0.4) is 0 Å². The highest BCUT2D eigenvalue weighted by Gasteiger charge is 2.26. The van der Waals surface area contributed by atoms with Crippen LogP contribution >= 0.6 is 0 Å². The number of anilines is 1. The Morgan fingerprint density at radius 3 is 2.74 bits per heavy atom. The number of methoxy groups -OCH3 is 1. The van der Waals surface area contributed by atoms with Crippen LogP contribution in [0.5, 0.6) is 5.75 Å². The Hall–Kier alpha value is -2.54. The van der Waals surface area contributed by atoms with E-state index in [0.717, 1.165) is 17.7 Å². The smallest absolute Gasteiger partial charge is 0.251 e. The minimum absolute atomic E-state index is 0.157. The van der Waals surface area contributed by atoms with Crippen molar-refractivity contribution in [2.24, 2.45) is 0 Å². The van der Waals surface area contributed by atoms with Crippen molar-refractivity contribution in [3.8, 4) is 5.75 Å². The molecule has 0 aliphatic carbocycles. The van der Waals surface area contributed by atoms with E-state index in [0.29, 0.717) is 37.2 Å². The van der Waals surface area contributed by atoms with E-state index in [-0.39, 0.29) is 11.7 Å². The molecular formula is C20H24N2O4S. The van der Waals surface area contributed by atoms with Crippen LogP contribution in [0.25, 0.3) is 0 Å². The zero-order valence-corrected chi connectivity index (χ0v) is 16.2. The number of nitrogens with zero attached hydrogens (tertiary/aromatic N) is 1. The maximum atomic E-state index is 12.5. The highest BCUT2D eigenvalue weighted by Crippen LogP contribution is 2.24. The van der Waals surface area contributed by atoms with Crippen molar-refractivity contribution >= 4 is 21.6 Å². The molecular weight excluding hydrogens is 364 g/mol. The van der Waals surface area contributed by atoms with E-state index in [2.05, 4.69) is 5.32 Å². The molecule has 7 heteroatoms. The largest absolute Gasteiger partial charge is 0.497 e. The van der Waals surface area contributed by atoms with Gasteiger partial charge in [-0.25, -0.2) is 8.42 Å². The van der Waals surface area contributed by atoms with Gasteiger partial charge in [-0.2, -0.15) is 0 Å². The first-order valence-corrected chi connectivity index (χ1v) is 10.6. The number of amides is 1. The Labute approximate surface area is 160 Å². The lowest BCUT2D eigenvalue weighted by atomic mass is 10.1. The van der Waals surface area contributed by atoms with Crippen LogP contribution in [0.4, 0.5) is 5.69 Å². The summed E-state index contributed by atoms with van der Waals surface area (Å²) in [6.07, 6.45) is 2.20. The SMILES string of the molecule is COc1cccc(CCNC(=O)c2cccc(N3CCCCS3(=O)=O)c2)c1. The molecule has 1 amide bonds. The predicted molar refractivity (Wildman–Crippen MR) is 106 cm³/mol. The lowest BCUT2D eigenvalue weighted by Crippen LogP contribution is -2.38. The van der Waals surface area contributed by atoms with Crippen LogP contribution in [0.15, 0.2) is 48.5 Å². The van der Waals surface area contributed by atoms with Gasteiger partial charge < -0.3 is 10.1 Å². The van der Waals surface area contributed by atoms with Crippen molar-refractivity contribution in [3.05, 3.63) is 59.7 Å². The highest BCUT2D eigenvalue weighted by atomic mass is 32.2. The third-order valence-corrected chi connectivity index (χ3v) is 6.45. The molecule has 0 atom stereocenters. The van der Waals surface area contributed by atoms with E-state index in [1.165, 1.54) is 4.31 Å². The molecule has 1 N–H and O–H groups in total. The van der Waals surface area contributed by atoms with E-state index in [1.54, 1.807) is 31.4 Å². The van der Waals surface area contributed by atoms with Gasteiger partial charge >= 0.3 is 0 Å². The summed E-state index contributed by atoms with van der Waals surface area (Å²) >= 11 is 0. The molecule has 0 radical (unpaired) electrons. The number of nitrogens with one attached hydrogen (secondary N) is 1. The molecule has 1 heterocycles. The first kappa shape index (κ1) is 19.2. The Kier molecular flexibility index (Phi) is 6.01. The number of carbonyl (C=O) groups is 1. The Balaban J connectivity index is 1.63. The number of rotatable bonds is 6. The fourth-order valence-corrected chi connectivity index (χ4v) is 4.76. The van der Waals surface area contributed by atoms with Gasteiger partial charge in [0.25, 0.3) is 5.91 Å². The molecule has 1 aliphatic rings. The molecule has 1 aliphatic heterocycles. The molecule has 0 bridgehead atoms. The van der Waals surface area contributed by atoms with Crippen LogP contribution in [0.1, 0.15) is 28.8 Å². The number of ether oxygens (including phenoxy) is 1. The summed E-state index contributed by atoms with van der Waals surface area (Å²) < 4.78 is 31.1. The maximum Gasteiger partial charge on any atom is 0.251 e. The first-order valence-electron chi connectivity index (χ1n) is 9.01. The van der Waals surface area contributed by atoms with Gasteiger partial charge in [0.2, 0.25) is 10.0 Å². The molecule has 27 heavy (non-hydrogen) atoms. The quantitative estimate of drug-likeness (QED) is 0.825. The van der Waals surface area contributed by atoms with Gasteiger partial charge in [-0.1, -0.05) is 18.2 Å². The Morgan fingerprint density at radius 1 is 1.15 bits per heavy atom. The summed E-state index contributed by atoms with van der Waals surface area (Å²) in [5.41, 5.74) is 2.08. The molecule has 2 aromatic rings. The van der Waals surface area contributed by atoms with Crippen LogP contribution in [-0.4, -0.2) is 40.3 Å². The molecule has 0 aromatic heterocycles. The summed E-state index contributed by atoms with van der Waals surface area (Å²) in [6, 6.07) is 14.5. The van der Waals surface area contributed by atoms with E-state index in [9.17, 15) is 13.2 Å². The third kappa shape index (κ3) is 4.80. The first-order chi connectivity index (χ1) is 13.0. The lowest BCUT2D eigenvalue weighted by Gasteiger charge is -2.28. The van der Waals surface area contributed by atoms with Gasteiger partial charge in [-0.15, -0.1) is 0 Å². The van der Waals surface area contributed by atoms with Crippen molar-refractivity contribution < 1.29 is 17.9 Å². The van der Waals surface area contributed by atoms with Gasteiger partial charge in [0.05, 0.1) is 18.6 Å². The second kappa shape index (κ2) is 8.43. The van der Waals surface area contributed by atoms with Crippen molar-refractivity contribution in [2.45, 2.75) is 19.3 Å². The minimum Gasteiger partial charge on any atom is -0.497 e. The fourth-order valence-electron chi connectivity index (χ4n) is 3.13. The van der Waals surface area contributed by atoms with Crippen molar-refractivity contribution in [2.75, 3.05) is 30.3 Å². The lowest BCUT2D eigenvalue weighted by molar-refractivity contribution is 0.0954. The van der Waals surface area contributed by atoms with Gasteiger partial charge in [-0.05, 0) is 55.2 Å². The van der Waals surface area contributed by atoms with Gasteiger partial charge in [0.15, 0.2) is 0 Å². The summed E-state index contributed by atoms with van der Waals surface area (Å²) in [5, 5.41) is 2.89. The van der Waals surface area contributed by atoms with Gasteiger partial charge in [0, 0.05) is 18.7 Å². The van der Waals surface area contributed by atoms with Crippen molar-refractivity contribution in [1.29, 1.82) is 0 Å². The number of hydrogen-bond donors (Lipinski definition) is 1. The number of sulfonamides is 1. The topological polar surface area (TPSA) is 75.7 Å². The average Bonchev–Trinajstić information content (AvgIpc) is 2.68. The summed E-state index contributed by atoms with van der Waals surface area (Å²) in [4.78, 5) is 12.5. The number of hydrogen-bond acceptors (Lipinski definition) is 4. The molecule has 2 aromatic carbocycles. The molecule has 1 saturated heterocycles. The fraction of sp³-hybridized carbons (Fsp3) is 0.350. The molecule has 1 fully saturated rings. The zero-order valence-electron chi connectivity index (χ0n) is 15.3. The van der Waals surface area contributed by atoms with Gasteiger partial charge in [0.1, 0.15) is 5.75 Å². The monoisotopic (exact) mass is 388 g/mol. The molecule has 6 nitrogen and oxygen atoms in total. The molecule has 144 valence electrons. The second-order valence-electron chi connectivity index (χ2n) is 6.50. The standard InChI is InChI=1S/C20H24N2O4S/c1-26-19-9-4-6-16(14-19)10-11-21-20(23)17-7-5-8-18(15-17)22-12-2-3-13-27(22,24)25/h4-9,14-15H,2-3,10-13H2,1H3,(H,21,23). The summed E-state index contributed by atoms with van der Waals surface area (Å²) in [7, 11) is -1.67. The third-order valence-electron chi connectivity index (χ3n) is 4.58. The average molecular weight is 388 g/mol. The van der Waals surface area contributed by atoms with Crippen LogP contribution in [-0.2, 0) is 16.4 Å². The Morgan fingerprint density at radius 2 is 1.96 bits per heavy atom. The Bertz CT molecular complexity index is 912. The minimum atomic E-state index is -3.29. The molecule has 0 unspecified atom stereocenters. The second-order valence-corrected chi connectivity index (χ2v) is 8.52. The molecule has 0 saturated carbocycles. The predicted octanol–water partition coefficient (Wildman–Crippen LogP) is 2.60. The maximum absolute atomic E-state index is 12.5. The molecule has 0 spiro atoms. The van der Waals surface area contributed by atoms with E-state index in [1.807, 2.05) is 24.3 Å². The van der Waals surface area contributed by atoms with E-state index in [4.69, 9.17) is 4.74 Å². The summed E-state index contributed by atoms with van der Waals surface area (Å²) in [6.45, 7) is 0.946. The van der Waals surface area contributed by atoms with E-state index < -0.39 is 10.0 Å². The number of benzene rings is 2. The zero-order chi connectivity index (χ0) is 19.3. The highest BCUT2D eigenvalue weighted by molar-refractivity contribution is 7.92. The van der Waals surface area contributed by atoms with Crippen LogP contribution in [0.2, 0.25) is 0 Å². The van der Waals surface area contributed by atoms with Crippen molar-refractivity contribution in [1.82, 2.24) is 5.32 Å². The molecule has 3 rings (SSSR count). The van der Waals surface area contributed by atoms with E-state index >= 15 is 0 Å². The van der Waals surface area contributed by atoms with Crippen LogP contribution in [0, 0.1) is 0 Å². The van der Waals surface area contributed by atoms with Gasteiger partial charge in [-0.3, -0.25) is 9.10 Å². The normalized spacial score (nSPS) is 16.0. The summed E-state index contributed by atoms with van der Waals surface area (Å²) in [5.74, 6) is 0.729. The van der Waals surface area contributed by atoms with Crippen molar-refractivity contribution in [3.63, 3.8) is 0 Å². The van der Waals surface area contributed by atoms with Crippen LogP contribution < -0.4 is 14.4 Å². The number of carbonyl (C=O) groups excluding carboxylic acids is 1.